The lowest BCUT2D eigenvalue weighted by Gasteiger charge is -2.22. The van der Waals surface area contributed by atoms with Crippen molar-refractivity contribution in [3.63, 3.8) is 0 Å². The van der Waals surface area contributed by atoms with Gasteiger partial charge in [0.25, 0.3) is 0 Å². The summed E-state index contributed by atoms with van der Waals surface area (Å²) in [5.41, 5.74) is 32.5. The van der Waals surface area contributed by atoms with Crippen LogP contribution in [-0.4, -0.2) is 0 Å². The van der Waals surface area contributed by atoms with Gasteiger partial charge in [-0.15, -0.1) is 11.3 Å². The maximum Gasteiger partial charge on any atom is 0.143 e. The van der Waals surface area contributed by atoms with Gasteiger partial charge in [0.2, 0.25) is 0 Å². The fourth-order valence-corrected chi connectivity index (χ4v) is 24.0. The monoisotopic (exact) mass is 1760 g/mol. The average Bonchev–Trinajstić information content (AvgIpc) is 1.66. The van der Waals surface area contributed by atoms with Crippen molar-refractivity contribution in [3.8, 4) is 111 Å². The number of thiophene rings is 1. The predicted molar refractivity (Wildman–Crippen MR) is 583 cm³/mol. The van der Waals surface area contributed by atoms with Gasteiger partial charge in [-0.3, -0.25) is 0 Å². The lowest BCUT2D eigenvalue weighted by atomic mass is 9.81. The maximum absolute atomic E-state index is 6.85. The molecule has 1 aliphatic carbocycles. The Kier molecular flexibility index (Phi) is 18.6. The van der Waals surface area contributed by atoms with E-state index in [1.165, 1.54) is 196 Å². The molecule has 3 nitrogen and oxygen atoms in total. The van der Waals surface area contributed by atoms with Gasteiger partial charge in [-0.05, 0) is 248 Å². The molecule has 4 aromatic heterocycles. The summed E-state index contributed by atoms with van der Waals surface area (Å²) in [4.78, 5) is 0. The fraction of sp³-hybridized carbons (Fsp3) is 0.0226. The van der Waals surface area contributed by atoms with Crippen molar-refractivity contribution >= 4 is 173 Å². The van der Waals surface area contributed by atoms with Gasteiger partial charge in [0.15, 0.2) is 0 Å². The lowest BCUT2D eigenvalue weighted by molar-refractivity contribution is 0.660. The minimum atomic E-state index is -0.0762. The summed E-state index contributed by atoms with van der Waals surface area (Å²) in [6.07, 6.45) is 0. The first-order chi connectivity index (χ1) is 67.8. The van der Waals surface area contributed by atoms with Crippen LogP contribution in [0.3, 0.4) is 0 Å². The maximum atomic E-state index is 6.85. The molecule has 137 heavy (non-hydrogen) atoms. The molecule has 0 saturated carbocycles. The first kappa shape index (κ1) is 79.5. The number of hydrogen-bond donors (Lipinski definition) is 0. The average molecular weight is 1760 g/mol. The van der Waals surface area contributed by atoms with Gasteiger partial charge in [-0.1, -0.05) is 420 Å². The highest BCUT2D eigenvalue weighted by Crippen LogP contribution is 2.56. The molecule has 28 aromatic rings. The summed E-state index contributed by atoms with van der Waals surface area (Å²) in [5, 5.41) is 26.9. The van der Waals surface area contributed by atoms with E-state index in [1.807, 2.05) is 11.3 Å². The quantitative estimate of drug-likeness (QED) is 0.135. The number of para-hydroxylation sites is 3. The van der Waals surface area contributed by atoms with Crippen LogP contribution in [0.4, 0.5) is 0 Å². The number of furan rings is 3. The van der Waals surface area contributed by atoms with Crippen molar-refractivity contribution in [1.82, 2.24) is 0 Å². The summed E-state index contributed by atoms with van der Waals surface area (Å²) >= 11 is 1.85. The van der Waals surface area contributed by atoms with Crippen LogP contribution in [0.25, 0.3) is 273 Å². The van der Waals surface area contributed by atoms with E-state index in [0.29, 0.717) is 0 Å². The Bertz CT molecular complexity index is 9660. The standard InChI is InChI=1S/C47H32O.C44H26OS.C42H26O/c1-47(2)40-22-12-10-16-32(40)33-25-24-30(28-41(33)47)31-26-27-39(45-38-21-11-13-23-42(38)48-46(31)45)44-36-19-8-6-17-34(36)43(29-14-4-3-5-15-29)35-18-7-9-20-37(35)44;1-2-12-27(13-3-1)41-31-15-4-6-17-33(31)42(34-18-7-5-16-32(34)41)36-24-23-29(44-43(36)35-19-8-10-20-38(35)45-44)28-22-25-40-37(26-28)30-14-9-11-21-39(30)46-40;1-2-13-28(14-3-1)39-32-16-6-8-18-34(32)40(35-19-9-7-17-33(35)39)37-25-24-31(30-23-22-27-12-4-5-15-29(27)26-30)42-41(37)36-20-10-11-21-38(36)43-42/h3-28H,1-2H3;1-26H;1-26H. The Morgan fingerprint density at radius 3 is 0.854 bits per heavy atom. The van der Waals surface area contributed by atoms with Gasteiger partial charge in [0, 0.05) is 74.6 Å². The van der Waals surface area contributed by atoms with Crippen molar-refractivity contribution in [2.24, 2.45) is 0 Å². The molecule has 24 aromatic carbocycles. The van der Waals surface area contributed by atoms with Crippen LogP contribution < -0.4 is 0 Å². The molecule has 0 atom stereocenters. The van der Waals surface area contributed by atoms with Gasteiger partial charge in [0.1, 0.15) is 33.5 Å². The van der Waals surface area contributed by atoms with Gasteiger partial charge >= 0.3 is 0 Å². The SMILES string of the molecule is CC1(C)c2ccccc2-c2ccc(-c3ccc(-c4c5ccccc5c(-c5ccccc5)c5ccccc45)c4c3oc3ccccc34)cc21.c1ccc(-c2c3ccccc3c(-c3ccc(-c4ccc5ccccc5c4)c4oc5ccccc5c34)c3ccccc23)cc1.c1ccc(-c2c3ccccc3c(-c3ccc(-c4ccc5sc6ccccc6c5c4)c4oc5ccccc5c34)c3ccccc23)cc1. The Balaban J connectivity index is 0.000000104. The second-order valence-corrected chi connectivity index (χ2v) is 37.9. The number of hydrogen-bond acceptors (Lipinski definition) is 4. The van der Waals surface area contributed by atoms with E-state index >= 15 is 0 Å². The molecule has 29 rings (SSSR count). The predicted octanol–water partition coefficient (Wildman–Crippen LogP) is 38.5. The largest absolute Gasteiger partial charge is 0.455 e. The highest BCUT2D eigenvalue weighted by Gasteiger charge is 2.36. The van der Waals surface area contributed by atoms with Crippen molar-refractivity contribution in [2.45, 2.75) is 19.3 Å². The molecule has 0 bridgehead atoms. The van der Waals surface area contributed by atoms with Gasteiger partial charge < -0.3 is 13.3 Å². The molecule has 0 aliphatic heterocycles. The molecule has 0 unspecified atom stereocenters. The van der Waals surface area contributed by atoms with Gasteiger partial charge in [-0.2, -0.15) is 0 Å². The van der Waals surface area contributed by atoms with E-state index in [-0.39, 0.29) is 5.41 Å². The number of benzene rings is 24. The third kappa shape index (κ3) is 12.7. The Hall–Kier alpha value is -17.3. The first-order valence-electron chi connectivity index (χ1n) is 47.2. The fourth-order valence-electron chi connectivity index (χ4n) is 22.9. The molecule has 640 valence electrons. The molecule has 4 heteroatoms. The molecule has 0 spiro atoms. The van der Waals surface area contributed by atoms with E-state index < -0.39 is 0 Å². The molecule has 0 fully saturated rings. The van der Waals surface area contributed by atoms with E-state index in [0.717, 1.165) is 88.1 Å². The third-order valence-corrected chi connectivity index (χ3v) is 30.2. The zero-order valence-electron chi connectivity index (χ0n) is 75.2. The second-order valence-electron chi connectivity index (χ2n) is 36.8. The summed E-state index contributed by atoms with van der Waals surface area (Å²) < 4.78 is 23.0. The van der Waals surface area contributed by atoms with Crippen LogP contribution in [-0.2, 0) is 5.41 Å². The normalized spacial score (nSPS) is 12.4. The summed E-state index contributed by atoms with van der Waals surface area (Å²) in [5.74, 6) is 0. The highest BCUT2D eigenvalue weighted by molar-refractivity contribution is 7.25. The van der Waals surface area contributed by atoms with Crippen LogP contribution >= 0.6 is 11.3 Å². The van der Waals surface area contributed by atoms with Crippen molar-refractivity contribution in [3.05, 3.63) is 484 Å². The Morgan fingerprint density at radius 2 is 0.445 bits per heavy atom. The summed E-state index contributed by atoms with van der Waals surface area (Å²) in [6, 6.07) is 171. The minimum Gasteiger partial charge on any atom is -0.455 e. The molecule has 0 N–H and O–H groups in total. The third-order valence-electron chi connectivity index (χ3n) is 29.0. The Morgan fingerprint density at radius 1 is 0.168 bits per heavy atom. The van der Waals surface area contributed by atoms with E-state index in [1.54, 1.807) is 0 Å². The topological polar surface area (TPSA) is 39.4 Å². The van der Waals surface area contributed by atoms with Gasteiger partial charge in [0.05, 0.1) is 0 Å². The first-order valence-corrected chi connectivity index (χ1v) is 48.1. The smallest absolute Gasteiger partial charge is 0.143 e. The van der Waals surface area contributed by atoms with Crippen molar-refractivity contribution in [1.29, 1.82) is 0 Å². The van der Waals surface area contributed by atoms with Crippen molar-refractivity contribution in [2.75, 3.05) is 0 Å². The van der Waals surface area contributed by atoms with Crippen LogP contribution in [0.15, 0.2) is 486 Å². The molecular weight excluding hydrogens is 1680 g/mol. The van der Waals surface area contributed by atoms with Crippen molar-refractivity contribution < 1.29 is 13.3 Å². The zero-order chi connectivity index (χ0) is 90.5. The lowest BCUT2D eigenvalue weighted by Crippen LogP contribution is -2.14. The molecule has 0 radical (unpaired) electrons. The number of rotatable bonds is 9. The van der Waals surface area contributed by atoms with Crippen LogP contribution in [0, 0.1) is 0 Å². The molecule has 0 amide bonds. The van der Waals surface area contributed by atoms with E-state index in [9.17, 15) is 0 Å². The Labute approximate surface area is 794 Å². The molecule has 0 saturated heterocycles. The van der Waals surface area contributed by atoms with Gasteiger partial charge in [-0.25, -0.2) is 0 Å². The second kappa shape index (κ2) is 32.0. The van der Waals surface area contributed by atoms with Crippen LogP contribution in [0.2, 0.25) is 0 Å². The van der Waals surface area contributed by atoms with E-state index in [4.69, 9.17) is 13.3 Å². The zero-order valence-corrected chi connectivity index (χ0v) is 76.0. The summed E-state index contributed by atoms with van der Waals surface area (Å²) in [7, 11) is 0. The molecule has 1 aliphatic rings. The number of fused-ring (bicyclic) bond motifs is 22. The minimum absolute atomic E-state index is 0.0762. The molecular formula is C133H84O3S. The molecule has 4 heterocycles. The van der Waals surface area contributed by atoms with Crippen LogP contribution in [0.5, 0.6) is 0 Å². The van der Waals surface area contributed by atoms with E-state index in [2.05, 4.69) is 487 Å². The van der Waals surface area contributed by atoms with Crippen LogP contribution in [0.1, 0.15) is 25.0 Å². The highest BCUT2D eigenvalue weighted by atomic mass is 32.1. The summed E-state index contributed by atoms with van der Waals surface area (Å²) in [6.45, 7) is 4.69.